The molecular formula is C15H21BrN2O4. The molecule has 0 unspecified atom stereocenters. The minimum atomic E-state index is -0.543. The van der Waals surface area contributed by atoms with E-state index in [0.717, 1.165) is 0 Å². The molecule has 0 heterocycles. The number of ether oxygens (including phenoxy) is 2. The van der Waals surface area contributed by atoms with E-state index in [1.807, 2.05) is 0 Å². The smallest absolute Gasteiger partial charge is 0.407 e. The van der Waals surface area contributed by atoms with Crippen LogP contribution < -0.4 is 15.4 Å². The largest absolute Gasteiger partial charge is 0.497 e. The van der Waals surface area contributed by atoms with Crippen molar-refractivity contribution in [1.29, 1.82) is 0 Å². The Hall–Kier alpha value is -1.76. The van der Waals surface area contributed by atoms with Gasteiger partial charge >= 0.3 is 6.09 Å². The molecule has 1 rings (SSSR count). The number of hydrogen-bond donors (Lipinski definition) is 2. The highest BCUT2D eigenvalue weighted by Gasteiger charge is 2.16. The zero-order valence-electron chi connectivity index (χ0n) is 13.2. The van der Waals surface area contributed by atoms with Crippen LogP contribution in [0.4, 0.5) is 4.79 Å². The molecule has 0 radical (unpaired) electrons. The first-order valence-electron chi connectivity index (χ1n) is 6.81. The van der Waals surface area contributed by atoms with Crippen molar-refractivity contribution in [2.24, 2.45) is 0 Å². The van der Waals surface area contributed by atoms with Gasteiger partial charge in [-0.15, -0.1) is 0 Å². The summed E-state index contributed by atoms with van der Waals surface area (Å²) in [6.45, 7) is 5.93. The molecule has 0 bridgehead atoms. The Morgan fingerprint density at radius 3 is 2.41 bits per heavy atom. The summed E-state index contributed by atoms with van der Waals surface area (Å²) in [7, 11) is 1.54. The van der Waals surface area contributed by atoms with Crippen LogP contribution >= 0.6 is 15.9 Å². The molecule has 0 aromatic heterocycles. The van der Waals surface area contributed by atoms with E-state index in [9.17, 15) is 9.59 Å². The van der Waals surface area contributed by atoms with Crippen LogP contribution in [-0.2, 0) is 4.74 Å². The van der Waals surface area contributed by atoms with Gasteiger partial charge in [0, 0.05) is 17.6 Å². The fourth-order valence-corrected chi connectivity index (χ4v) is 1.98. The maximum atomic E-state index is 12.1. The molecule has 122 valence electrons. The summed E-state index contributed by atoms with van der Waals surface area (Å²) in [6.07, 6.45) is -0.510. The van der Waals surface area contributed by atoms with Gasteiger partial charge in [-0.1, -0.05) is 0 Å². The van der Waals surface area contributed by atoms with E-state index >= 15 is 0 Å². The van der Waals surface area contributed by atoms with Gasteiger partial charge in [-0.25, -0.2) is 4.79 Å². The van der Waals surface area contributed by atoms with Crippen LogP contribution in [0.1, 0.15) is 31.1 Å². The van der Waals surface area contributed by atoms with Crippen molar-refractivity contribution in [3.63, 3.8) is 0 Å². The van der Waals surface area contributed by atoms with Gasteiger partial charge in [0.1, 0.15) is 11.4 Å². The highest BCUT2D eigenvalue weighted by atomic mass is 79.9. The average molecular weight is 373 g/mol. The minimum absolute atomic E-state index is 0.253. The summed E-state index contributed by atoms with van der Waals surface area (Å²) in [6, 6.07) is 5.14. The van der Waals surface area contributed by atoms with Crippen molar-refractivity contribution in [3.05, 3.63) is 28.2 Å². The van der Waals surface area contributed by atoms with Crippen molar-refractivity contribution in [2.45, 2.75) is 26.4 Å². The van der Waals surface area contributed by atoms with Gasteiger partial charge < -0.3 is 20.1 Å². The Labute approximate surface area is 138 Å². The van der Waals surface area contributed by atoms with Gasteiger partial charge in [-0.3, -0.25) is 4.79 Å². The number of nitrogens with one attached hydrogen (secondary N) is 2. The maximum Gasteiger partial charge on any atom is 0.407 e. The van der Waals surface area contributed by atoms with Crippen molar-refractivity contribution in [3.8, 4) is 5.75 Å². The average Bonchev–Trinajstić information content (AvgIpc) is 2.42. The SMILES string of the molecule is COc1ccc(Br)c(C(=O)NCCNC(=O)OC(C)(C)C)c1. The second kappa shape index (κ2) is 8.03. The predicted octanol–water partition coefficient (Wildman–Crippen LogP) is 2.71. The number of halogens is 1. The second-order valence-corrected chi connectivity index (χ2v) is 6.38. The van der Waals surface area contributed by atoms with Crippen molar-refractivity contribution in [1.82, 2.24) is 10.6 Å². The Kier molecular flexibility index (Phi) is 6.67. The van der Waals surface area contributed by atoms with Gasteiger partial charge in [0.15, 0.2) is 0 Å². The number of amides is 2. The Morgan fingerprint density at radius 2 is 1.82 bits per heavy atom. The van der Waals surface area contributed by atoms with E-state index in [1.165, 1.54) is 7.11 Å². The molecule has 2 amide bonds. The number of methoxy groups -OCH3 is 1. The lowest BCUT2D eigenvalue weighted by atomic mass is 10.2. The summed E-state index contributed by atoms with van der Waals surface area (Å²) in [5.41, 5.74) is -0.0738. The molecule has 1 aromatic carbocycles. The third kappa shape index (κ3) is 6.34. The molecule has 0 fully saturated rings. The van der Waals surface area contributed by atoms with Gasteiger partial charge in [-0.2, -0.15) is 0 Å². The van der Waals surface area contributed by atoms with Crippen LogP contribution in [0, 0.1) is 0 Å². The van der Waals surface area contributed by atoms with Crippen LogP contribution in [0.5, 0.6) is 5.75 Å². The molecule has 0 aliphatic carbocycles. The van der Waals surface area contributed by atoms with Gasteiger partial charge in [0.2, 0.25) is 0 Å². The Bertz CT molecular complexity index is 541. The van der Waals surface area contributed by atoms with E-state index in [2.05, 4.69) is 26.6 Å². The lowest BCUT2D eigenvalue weighted by Gasteiger charge is -2.19. The summed E-state index contributed by atoms with van der Waals surface area (Å²) in [4.78, 5) is 23.5. The monoisotopic (exact) mass is 372 g/mol. The fourth-order valence-electron chi connectivity index (χ4n) is 1.56. The molecule has 0 saturated carbocycles. The number of alkyl carbamates (subject to hydrolysis) is 1. The van der Waals surface area contributed by atoms with Crippen LogP contribution in [0.3, 0.4) is 0 Å². The summed E-state index contributed by atoms with van der Waals surface area (Å²) < 4.78 is 10.9. The van der Waals surface area contributed by atoms with Gasteiger partial charge in [0.05, 0.1) is 12.7 Å². The quantitative estimate of drug-likeness (QED) is 0.779. The molecule has 0 atom stereocenters. The summed E-state index contributed by atoms with van der Waals surface area (Å²) >= 11 is 3.32. The van der Waals surface area contributed by atoms with Gasteiger partial charge in [-0.05, 0) is 54.9 Å². The standard InChI is InChI=1S/C15H21BrN2O4/c1-15(2,3)22-14(20)18-8-7-17-13(19)11-9-10(21-4)5-6-12(11)16/h5-6,9H,7-8H2,1-4H3,(H,17,19)(H,18,20). The first-order valence-corrected chi connectivity index (χ1v) is 7.61. The van der Waals surface area contributed by atoms with Crippen molar-refractivity contribution >= 4 is 27.9 Å². The highest BCUT2D eigenvalue weighted by Crippen LogP contribution is 2.22. The molecule has 2 N–H and O–H groups in total. The zero-order chi connectivity index (χ0) is 16.8. The molecule has 0 aliphatic rings. The van der Waals surface area contributed by atoms with Crippen molar-refractivity contribution < 1.29 is 19.1 Å². The normalized spacial score (nSPS) is 10.8. The molecule has 7 heteroatoms. The molecule has 0 aliphatic heterocycles. The predicted molar refractivity (Wildman–Crippen MR) is 87.3 cm³/mol. The fraction of sp³-hybridized carbons (Fsp3) is 0.467. The maximum absolute atomic E-state index is 12.1. The van der Waals surface area contributed by atoms with E-state index < -0.39 is 11.7 Å². The van der Waals surface area contributed by atoms with E-state index in [4.69, 9.17) is 9.47 Å². The first kappa shape index (κ1) is 18.3. The summed E-state index contributed by atoms with van der Waals surface area (Å²) in [5.74, 6) is 0.344. The lowest BCUT2D eigenvalue weighted by Crippen LogP contribution is -2.37. The molecule has 22 heavy (non-hydrogen) atoms. The van der Waals surface area contributed by atoms with Gasteiger partial charge in [0.25, 0.3) is 5.91 Å². The topological polar surface area (TPSA) is 76.7 Å². The molecule has 0 spiro atoms. The Balaban J connectivity index is 2.42. The lowest BCUT2D eigenvalue weighted by molar-refractivity contribution is 0.0526. The van der Waals surface area contributed by atoms with Crippen molar-refractivity contribution in [2.75, 3.05) is 20.2 Å². The van der Waals surface area contributed by atoms with E-state index in [1.54, 1.807) is 39.0 Å². The zero-order valence-corrected chi connectivity index (χ0v) is 14.7. The number of carbonyl (C=O) groups excluding carboxylic acids is 2. The van der Waals surface area contributed by atoms with Crippen LogP contribution in [-0.4, -0.2) is 37.8 Å². The van der Waals surface area contributed by atoms with Crippen LogP contribution in [0.15, 0.2) is 22.7 Å². The first-order chi connectivity index (χ1) is 10.2. The third-order valence-corrected chi connectivity index (χ3v) is 3.19. The van der Waals surface area contributed by atoms with Crippen LogP contribution in [0.25, 0.3) is 0 Å². The third-order valence-electron chi connectivity index (χ3n) is 2.50. The number of hydrogen-bond acceptors (Lipinski definition) is 4. The number of rotatable bonds is 5. The number of carbonyl (C=O) groups is 2. The molecular weight excluding hydrogens is 352 g/mol. The molecule has 1 aromatic rings. The van der Waals surface area contributed by atoms with Crippen LogP contribution in [0.2, 0.25) is 0 Å². The summed E-state index contributed by atoms with van der Waals surface area (Å²) in [5, 5.41) is 5.29. The number of benzene rings is 1. The van der Waals surface area contributed by atoms with E-state index in [-0.39, 0.29) is 12.5 Å². The van der Waals surface area contributed by atoms with E-state index in [0.29, 0.717) is 22.3 Å². The Morgan fingerprint density at radius 1 is 1.18 bits per heavy atom. The highest BCUT2D eigenvalue weighted by molar-refractivity contribution is 9.10. The minimum Gasteiger partial charge on any atom is -0.497 e. The molecule has 6 nitrogen and oxygen atoms in total. The second-order valence-electron chi connectivity index (χ2n) is 5.53. The molecule has 0 saturated heterocycles.